The molecule has 0 radical (unpaired) electrons. The zero-order valence-corrected chi connectivity index (χ0v) is 60.6. The molecule has 3 unspecified atom stereocenters. The minimum absolute atomic E-state index is 0.0840. The predicted molar refractivity (Wildman–Crippen MR) is 367 cm³/mol. The summed E-state index contributed by atoms with van der Waals surface area (Å²) in [5.74, 6) is 0.0564. The average molecular weight is 1340 g/mol. The van der Waals surface area contributed by atoms with E-state index < -0.39 is 97.5 Å². The second kappa shape index (κ2) is 62.4. The van der Waals surface area contributed by atoms with Crippen LogP contribution in [0.15, 0.2) is 24.3 Å². The van der Waals surface area contributed by atoms with Crippen LogP contribution in [0.25, 0.3) is 0 Å². The number of esters is 4. The molecule has 0 aliphatic rings. The number of aliphatic hydroxyl groups is 1. The molecule has 0 aromatic rings. The van der Waals surface area contributed by atoms with Crippen molar-refractivity contribution in [3.63, 3.8) is 0 Å². The molecule has 5 atom stereocenters. The van der Waals surface area contributed by atoms with Gasteiger partial charge in [0.15, 0.2) is 12.2 Å². The largest absolute Gasteiger partial charge is 0.472 e. The summed E-state index contributed by atoms with van der Waals surface area (Å²) < 4.78 is 68.3. The number of carbonyl (C=O) groups excluding carboxylic acids is 4. The summed E-state index contributed by atoms with van der Waals surface area (Å²) in [4.78, 5) is 72.6. The van der Waals surface area contributed by atoms with Crippen molar-refractivity contribution in [3.05, 3.63) is 24.3 Å². The molecule has 17 nitrogen and oxygen atoms in total. The van der Waals surface area contributed by atoms with Gasteiger partial charge in [-0.05, 0) is 69.1 Å². The van der Waals surface area contributed by atoms with E-state index in [4.69, 9.17) is 37.0 Å². The van der Waals surface area contributed by atoms with E-state index in [2.05, 4.69) is 72.8 Å². The van der Waals surface area contributed by atoms with Crippen LogP contribution in [-0.4, -0.2) is 96.7 Å². The van der Waals surface area contributed by atoms with Crippen LogP contribution >= 0.6 is 15.6 Å². The minimum Gasteiger partial charge on any atom is -0.462 e. The van der Waals surface area contributed by atoms with Crippen LogP contribution in [0.2, 0.25) is 0 Å². The van der Waals surface area contributed by atoms with Crippen molar-refractivity contribution in [3.8, 4) is 0 Å². The first-order chi connectivity index (χ1) is 43.7. The molecule has 536 valence electrons. The van der Waals surface area contributed by atoms with Gasteiger partial charge in [-0.3, -0.25) is 37.3 Å². The Labute approximate surface area is 554 Å². The van der Waals surface area contributed by atoms with Crippen LogP contribution < -0.4 is 0 Å². The SMILES string of the molecule is CCCCCC/C=C\C=C/CCCCCCCC(=O)O[C@H](COC(=O)CCCCCCCCCCC(C)C)COP(=O)(O)OCC(O)COP(=O)(O)OC[C@@H](COC(=O)CCCCCCCCCCC(C)C)OC(=O)CCCCCCCCCCCCCC(C)C. The fraction of sp³-hybridized carbons (Fsp3) is 0.889. The second-order valence-corrected chi connectivity index (χ2v) is 29.6. The first kappa shape index (κ1) is 88.5. The molecule has 19 heteroatoms. The normalized spacial score (nSPS) is 14.3. The quantitative estimate of drug-likeness (QED) is 0.0169. The van der Waals surface area contributed by atoms with Gasteiger partial charge < -0.3 is 33.8 Å². The zero-order valence-electron chi connectivity index (χ0n) is 58.8. The molecule has 0 aromatic heterocycles. The maximum atomic E-state index is 13.0. The molecule has 0 spiro atoms. The van der Waals surface area contributed by atoms with Gasteiger partial charge in [-0.1, -0.05) is 285 Å². The standard InChI is InChI=1S/C72H136O17P2/c1-8-9-10-11-12-13-14-15-16-17-20-23-34-41-48-55-71(76)88-67(59-82-69(74)53-46-39-32-27-25-30-37-44-51-64(4)5)61-86-90(78,79)84-57-66(73)58-85-91(80,81)87-62-68(60-83-70(75)54-47-40-33-28-26-31-38-45-52-65(6)7)89-72(77)56-49-42-35-24-21-18-19-22-29-36-43-50-63(2)3/h13-16,63-68,73H,8-12,17-62H2,1-7H3,(H,78,79)(H,80,81)/b14-13-,16-15-/t66?,67-,68-/m1/s1. The van der Waals surface area contributed by atoms with Crippen molar-refractivity contribution in [2.24, 2.45) is 17.8 Å². The lowest BCUT2D eigenvalue weighted by Crippen LogP contribution is -2.30. The van der Waals surface area contributed by atoms with Gasteiger partial charge in [-0.15, -0.1) is 0 Å². The summed E-state index contributed by atoms with van der Waals surface area (Å²) in [5.41, 5.74) is 0. The van der Waals surface area contributed by atoms with Crippen LogP contribution in [0.5, 0.6) is 0 Å². The summed E-state index contributed by atoms with van der Waals surface area (Å²) in [6.45, 7) is 11.7. The molecule has 0 aliphatic carbocycles. The molecule has 91 heavy (non-hydrogen) atoms. The Morgan fingerprint density at radius 3 is 0.890 bits per heavy atom. The van der Waals surface area contributed by atoms with Gasteiger partial charge in [-0.25, -0.2) is 9.13 Å². The van der Waals surface area contributed by atoms with Crippen molar-refractivity contribution >= 4 is 39.5 Å². The van der Waals surface area contributed by atoms with Crippen molar-refractivity contribution in [1.29, 1.82) is 0 Å². The topological polar surface area (TPSA) is 237 Å². The molecular weight excluding hydrogens is 1200 g/mol. The van der Waals surface area contributed by atoms with Crippen LogP contribution in [-0.2, 0) is 65.4 Å². The molecule has 0 bridgehead atoms. The van der Waals surface area contributed by atoms with Gasteiger partial charge in [-0.2, -0.15) is 0 Å². The van der Waals surface area contributed by atoms with E-state index in [9.17, 15) is 43.2 Å². The van der Waals surface area contributed by atoms with Gasteiger partial charge in [0.25, 0.3) is 0 Å². The third-order valence-corrected chi connectivity index (χ3v) is 17.9. The second-order valence-electron chi connectivity index (χ2n) is 26.7. The molecule has 0 fully saturated rings. The highest BCUT2D eigenvalue weighted by atomic mass is 31.2. The van der Waals surface area contributed by atoms with Crippen LogP contribution in [0.4, 0.5) is 0 Å². The Morgan fingerprint density at radius 2 is 0.593 bits per heavy atom. The zero-order chi connectivity index (χ0) is 67.3. The first-order valence-corrected chi connectivity index (χ1v) is 39.7. The molecule has 0 saturated heterocycles. The van der Waals surface area contributed by atoms with E-state index in [0.717, 1.165) is 127 Å². The molecule has 0 saturated carbocycles. The van der Waals surface area contributed by atoms with Crippen molar-refractivity contribution in [2.45, 2.75) is 356 Å². The highest BCUT2D eigenvalue weighted by molar-refractivity contribution is 7.47. The van der Waals surface area contributed by atoms with E-state index in [1.165, 1.54) is 128 Å². The average Bonchev–Trinajstić information content (AvgIpc) is 3.64. The smallest absolute Gasteiger partial charge is 0.462 e. The number of aliphatic hydroxyl groups excluding tert-OH is 1. The lowest BCUT2D eigenvalue weighted by Gasteiger charge is -2.21. The summed E-state index contributed by atoms with van der Waals surface area (Å²) in [5, 5.41) is 10.6. The van der Waals surface area contributed by atoms with Gasteiger partial charge in [0.2, 0.25) is 0 Å². The number of rotatable bonds is 68. The molecule has 3 N–H and O–H groups in total. The van der Waals surface area contributed by atoms with E-state index >= 15 is 0 Å². The number of carbonyl (C=O) groups is 4. The molecule has 0 aromatic carbocycles. The van der Waals surface area contributed by atoms with Crippen LogP contribution in [0.3, 0.4) is 0 Å². The Hall–Kier alpha value is -2.46. The first-order valence-electron chi connectivity index (χ1n) is 36.7. The number of phosphoric ester groups is 2. The minimum atomic E-state index is -4.96. The molecule has 0 rings (SSSR count). The number of hydrogen-bond acceptors (Lipinski definition) is 15. The van der Waals surface area contributed by atoms with Gasteiger partial charge in [0.1, 0.15) is 19.3 Å². The molecular formula is C72H136O17P2. The third kappa shape index (κ3) is 66.0. The summed E-state index contributed by atoms with van der Waals surface area (Å²) in [6.07, 6.45) is 49.4. The Bertz CT molecular complexity index is 1880. The number of phosphoric acid groups is 2. The highest BCUT2D eigenvalue weighted by Gasteiger charge is 2.30. The summed E-state index contributed by atoms with van der Waals surface area (Å²) >= 11 is 0. The Morgan fingerprint density at radius 1 is 0.341 bits per heavy atom. The number of hydrogen-bond donors (Lipinski definition) is 3. The van der Waals surface area contributed by atoms with E-state index in [0.29, 0.717) is 25.7 Å². The molecule has 0 amide bonds. The number of unbranched alkanes of at least 4 members (excludes halogenated alkanes) is 33. The fourth-order valence-corrected chi connectivity index (χ4v) is 11.9. The van der Waals surface area contributed by atoms with Gasteiger partial charge >= 0.3 is 39.5 Å². The maximum absolute atomic E-state index is 13.0. The summed E-state index contributed by atoms with van der Waals surface area (Å²) in [6, 6.07) is 0. The molecule has 0 heterocycles. The van der Waals surface area contributed by atoms with E-state index in [1.807, 2.05) is 0 Å². The lowest BCUT2D eigenvalue weighted by molar-refractivity contribution is -0.161. The maximum Gasteiger partial charge on any atom is 0.472 e. The van der Waals surface area contributed by atoms with Crippen LogP contribution in [0.1, 0.15) is 337 Å². The van der Waals surface area contributed by atoms with Crippen molar-refractivity contribution < 1.29 is 80.2 Å². The molecule has 0 aliphatic heterocycles. The Kier molecular flexibility index (Phi) is 60.7. The van der Waals surface area contributed by atoms with Crippen LogP contribution in [0, 0.1) is 17.8 Å². The number of ether oxygens (including phenoxy) is 4. The predicted octanol–water partition coefficient (Wildman–Crippen LogP) is 20.2. The number of allylic oxidation sites excluding steroid dienone is 4. The van der Waals surface area contributed by atoms with Crippen molar-refractivity contribution in [1.82, 2.24) is 0 Å². The lowest BCUT2D eigenvalue weighted by atomic mass is 10.0. The van der Waals surface area contributed by atoms with E-state index in [1.54, 1.807) is 0 Å². The fourth-order valence-electron chi connectivity index (χ4n) is 10.4. The third-order valence-electron chi connectivity index (χ3n) is 16.0. The van der Waals surface area contributed by atoms with Gasteiger partial charge in [0.05, 0.1) is 26.4 Å². The van der Waals surface area contributed by atoms with Crippen molar-refractivity contribution in [2.75, 3.05) is 39.6 Å². The summed E-state index contributed by atoms with van der Waals surface area (Å²) in [7, 11) is -9.92. The monoisotopic (exact) mass is 1330 g/mol. The van der Waals surface area contributed by atoms with E-state index in [-0.39, 0.29) is 25.7 Å². The Balaban J connectivity index is 5.30. The highest BCUT2D eigenvalue weighted by Crippen LogP contribution is 2.45. The van der Waals surface area contributed by atoms with Gasteiger partial charge in [0, 0.05) is 25.7 Å².